The van der Waals surface area contributed by atoms with Crippen LogP contribution in [0.3, 0.4) is 0 Å². The average Bonchev–Trinajstić information content (AvgIpc) is 2.55. The van der Waals surface area contributed by atoms with Gasteiger partial charge in [0.15, 0.2) is 0 Å². The average molecular weight is 285 g/mol. The maximum absolute atomic E-state index is 11.4. The van der Waals surface area contributed by atoms with E-state index in [0.717, 1.165) is 11.1 Å². The van der Waals surface area contributed by atoms with Gasteiger partial charge in [-0.25, -0.2) is 4.98 Å². The zero-order valence-electron chi connectivity index (χ0n) is 12.2. The number of carbonyl (C=O) groups excluding carboxylic acids is 1. The van der Waals surface area contributed by atoms with E-state index in [-0.39, 0.29) is 5.91 Å². The van der Waals surface area contributed by atoms with Crippen LogP contribution in [0.15, 0.2) is 42.6 Å². The number of hydrogen-bond donors (Lipinski definition) is 2. The van der Waals surface area contributed by atoms with E-state index >= 15 is 0 Å². The Labute approximate surface area is 124 Å². The summed E-state index contributed by atoms with van der Waals surface area (Å²) in [6.45, 7) is 1.39. The minimum Gasteiger partial charge on any atom is -0.481 e. The highest BCUT2D eigenvalue weighted by Crippen LogP contribution is 2.13. The maximum atomic E-state index is 11.4. The minimum atomic E-state index is -0.0744. The van der Waals surface area contributed by atoms with Crippen LogP contribution in [-0.4, -0.2) is 25.0 Å². The van der Waals surface area contributed by atoms with E-state index in [9.17, 15) is 4.79 Å². The van der Waals surface area contributed by atoms with Crippen molar-refractivity contribution in [2.45, 2.75) is 13.1 Å². The van der Waals surface area contributed by atoms with Crippen LogP contribution in [0.1, 0.15) is 21.5 Å². The summed E-state index contributed by atoms with van der Waals surface area (Å²) in [5.74, 6) is 0.564. The van der Waals surface area contributed by atoms with Crippen molar-refractivity contribution < 1.29 is 9.53 Å². The van der Waals surface area contributed by atoms with E-state index in [2.05, 4.69) is 15.6 Å². The number of amides is 1. The number of nitrogens with zero attached hydrogens (tertiary/aromatic N) is 1. The van der Waals surface area contributed by atoms with Crippen molar-refractivity contribution >= 4 is 5.91 Å². The third-order valence-corrected chi connectivity index (χ3v) is 3.13. The van der Waals surface area contributed by atoms with Crippen LogP contribution in [-0.2, 0) is 13.1 Å². The molecule has 1 amide bonds. The second-order valence-electron chi connectivity index (χ2n) is 4.55. The van der Waals surface area contributed by atoms with Gasteiger partial charge >= 0.3 is 0 Å². The molecule has 0 saturated carbocycles. The zero-order chi connectivity index (χ0) is 15.1. The fourth-order valence-corrected chi connectivity index (χ4v) is 2.00. The number of hydrogen-bond acceptors (Lipinski definition) is 4. The molecule has 1 aromatic carbocycles. The molecule has 2 aromatic rings. The van der Waals surface area contributed by atoms with Gasteiger partial charge < -0.3 is 15.4 Å². The Morgan fingerprint density at radius 2 is 1.95 bits per heavy atom. The molecule has 0 saturated heterocycles. The van der Waals surface area contributed by atoms with Crippen molar-refractivity contribution in [3.05, 3.63) is 59.3 Å². The van der Waals surface area contributed by atoms with Gasteiger partial charge in [-0.2, -0.15) is 0 Å². The molecule has 0 aliphatic carbocycles. The lowest BCUT2D eigenvalue weighted by Gasteiger charge is -2.09. The van der Waals surface area contributed by atoms with Crippen molar-refractivity contribution in [2.24, 2.45) is 0 Å². The highest BCUT2D eigenvalue weighted by atomic mass is 16.5. The number of carbonyl (C=O) groups is 1. The van der Waals surface area contributed by atoms with Crippen molar-refractivity contribution in [3.63, 3.8) is 0 Å². The Morgan fingerprint density at radius 1 is 1.19 bits per heavy atom. The molecule has 5 heteroatoms. The summed E-state index contributed by atoms with van der Waals surface area (Å²) in [4.78, 5) is 15.6. The first-order valence-electron chi connectivity index (χ1n) is 6.74. The van der Waals surface area contributed by atoms with Crippen molar-refractivity contribution in [1.82, 2.24) is 15.6 Å². The maximum Gasteiger partial charge on any atom is 0.251 e. The molecule has 21 heavy (non-hydrogen) atoms. The first-order valence-corrected chi connectivity index (χ1v) is 6.74. The van der Waals surface area contributed by atoms with E-state index in [0.29, 0.717) is 24.5 Å². The van der Waals surface area contributed by atoms with Crippen LogP contribution >= 0.6 is 0 Å². The second-order valence-corrected chi connectivity index (χ2v) is 4.55. The van der Waals surface area contributed by atoms with Gasteiger partial charge in [0.2, 0.25) is 5.88 Å². The topological polar surface area (TPSA) is 63.2 Å². The molecule has 110 valence electrons. The van der Waals surface area contributed by atoms with E-state index < -0.39 is 0 Å². The number of rotatable bonds is 6. The molecule has 0 radical (unpaired) electrons. The monoisotopic (exact) mass is 285 g/mol. The molecule has 1 aromatic heterocycles. The molecule has 1 heterocycles. The predicted molar refractivity (Wildman–Crippen MR) is 81.2 cm³/mol. The Hall–Kier alpha value is -2.40. The van der Waals surface area contributed by atoms with E-state index in [1.54, 1.807) is 20.4 Å². The van der Waals surface area contributed by atoms with Crippen LogP contribution in [0.5, 0.6) is 5.88 Å². The number of pyridine rings is 1. The first kappa shape index (κ1) is 15.0. The van der Waals surface area contributed by atoms with Crippen LogP contribution in [0, 0.1) is 0 Å². The highest BCUT2D eigenvalue weighted by molar-refractivity contribution is 5.93. The number of methoxy groups -OCH3 is 1. The Bertz CT molecular complexity index is 597. The molecule has 0 bridgehead atoms. The molecule has 0 spiro atoms. The number of nitrogens with one attached hydrogen (secondary N) is 2. The summed E-state index contributed by atoms with van der Waals surface area (Å²) in [7, 11) is 3.24. The summed E-state index contributed by atoms with van der Waals surface area (Å²) in [5, 5.41) is 5.94. The van der Waals surface area contributed by atoms with Gasteiger partial charge in [-0.3, -0.25) is 4.79 Å². The summed E-state index contributed by atoms with van der Waals surface area (Å²) >= 11 is 0. The van der Waals surface area contributed by atoms with Crippen molar-refractivity contribution in [3.8, 4) is 5.88 Å². The Kier molecular flexibility index (Phi) is 5.29. The van der Waals surface area contributed by atoms with Crippen LogP contribution in [0.4, 0.5) is 0 Å². The third-order valence-electron chi connectivity index (χ3n) is 3.13. The largest absolute Gasteiger partial charge is 0.481 e. The molecular formula is C16H19N3O2. The number of ether oxygens (including phenoxy) is 1. The fraction of sp³-hybridized carbons (Fsp3) is 0.250. The van der Waals surface area contributed by atoms with Gasteiger partial charge in [-0.1, -0.05) is 18.2 Å². The highest BCUT2D eigenvalue weighted by Gasteiger charge is 2.04. The molecule has 0 fully saturated rings. The van der Waals surface area contributed by atoms with Crippen molar-refractivity contribution in [1.29, 1.82) is 0 Å². The van der Waals surface area contributed by atoms with Gasteiger partial charge in [0, 0.05) is 37.5 Å². The smallest absolute Gasteiger partial charge is 0.251 e. The number of benzene rings is 1. The van der Waals surface area contributed by atoms with E-state index in [4.69, 9.17) is 4.74 Å². The molecule has 0 aliphatic heterocycles. The zero-order valence-corrected chi connectivity index (χ0v) is 12.2. The lowest BCUT2D eigenvalue weighted by atomic mass is 10.1. The predicted octanol–water partition coefficient (Wildman–Crippen LogP) is 1.74. The Morgan fingerprint density at radius 3 is 2.62 bits per heavy atom. The summed E-state index contributed by atoms with van der Waals surface area (Å²) in [6.07, 6.45) is 1.71. The van der Waals surface area contributed by atoms with E-state index in [1.165, 1.54) is 0 Å². The third kappa shape index (κ3) is 4.03. The quantitative estimate of drug-likeness (QED) is 0.848. The summed E-state index contributed by atoms with van der Waals surface area (Å²) in [6, 6.07) is 11.4. The van der Waals surface area contributed by atoms with Gasteiger partial charge in [-0.05, 0) is 23.8 Å². The standard InChI is InChI=1S/C16H19N3O2/c1-17-15(20)13-7-5-12(6-8-13)10-18-11-14-4-3-9-19-16(14)21-2/h3-9,18H,10-11H2,1-2H3,(H,17,20). The van der Waals surface area contributed by atoms with Crippen LogP contribution in [0.25, 0.3) is 0 Å². The van der Waals surface area contributed by atoms with Crippen LogP contribution < -0.4 is 15.4 Å². The summed E-state index contributed by atoms with van der Waals surface area (Å²) < 4.78 is 5.21. The fourth-order valence-electron chi connectivity index (χ4n) is 2.00. The van der Waals surface area contributed by atoms with Gasteiger partial charge in [0.25, 0.3) is 5.91 Å². The molecule has 5 nitrogen and oxygen atoms in total. The lowest BCUT2D eigenvalue weighted by Crippen LogP contribution is -2.18. The van der Waals surface area contributed by atoms with Gasteiger partial charge in [0.05, 0.1) is 7.11 Å². The lowest BCUT2D eigenvalue weighted by molar-refractivity contribution is 0.0963. The van der Waals surface area contributed by atoms with Gasteiger partial charge in [-0.15, -0.1) is 0 Å². The van der Waals surface area contributed by atoms with E-state index in [1.807, 2.05) is 36.4 Å². The molecule has 2 N–H and O–H groups in total. The molecule has 0 unspecified atom stereocenters. The summed E-state index contributed by atoms with van der Waals surface area (Å²) in [5.41, 5.74) is 2.79. The van der Waals surface area contributed by atoms with Crippen LogP contribution in [0.2, 0.25) is 0 Å². The second kappa shape index (κ2) is 7.40. The molecule has 0 atom stereocenters. The Balaban J connectivity index is 1.90. The van der Waals surface area contributed by atoms with Gasteiger partial charge in [0.1, 0.15) is 0 Å². The minimum absolute atomic E-state index is 0.0744. The normalized spacial score (nSPS) is 10.2. The SMILES string of the molecule is CNC(=O)c1ccc(CNCc2cccnc2OC)cc1. The first-order chi connectivity index (χ1) is 10.2. The molecule has 0 aliphatic rings. The number of aromatic nitrogens is 1. The molecule has 2 rings (SSSR count). The molecular weight excluding hydrogens is 266 g/mol. The van der Waals surface area contributed by atoms with Crippen molar-refractivity contribution in [2.75, 3.05) is 14.2 Å².